The normalized spacial score (nSPS) is 39.8. The van der Waals surface area contributed by atoms with Crippen LogP contribution < -0.4 is 0 Å². The zero-order chi connectivity index (χ0) is 19.6. The molecule has 28 heavy (non-hydrogen) atoms. The van der Waals surface area contributed by atoms with Crippen LogP contribution in [0.3, 0.4) is 0 Å². The summed E-state index contributed by atoms with van der Waals surface area (Å²) in [4.78, 5) is 23.7. The first-order chi connectivity index (χ1) is 13.4. The average molecular weight is 385 g/mol. The zero-order valence-electron chi connectivity index (χ0n) is 16.6. The van der Waals surface area contributed by atoms with E-state index in [4.69, 9.17) is 14.2 Å². The standard InChI is InChI=1S/C22H27NO5/c1-11-9-17(27-21(11)24)14-6-7-15-19-13(3)20(18-10-12(2)22(25)28-18)26-16(19)5-4-8-23(14)15/h6-7,10-11,13,16-20H,4-5,8-9H2,1-3H3/t11-,13-,16+,17-,18+,19+,20-/m1/s1. The molecule has 150 valence electrons. The molecule has 1 aromatic heterocycles. The molecular weight excluding hydrogens is 358 g/mol. The minimum absolute atomic E-state index is 0.0418. The van der Waals surface area contributed by atoms with E-state index in [9.17, 15) is 9.59 Å². The summed E-state index contributed by atoms with van der Waals surface area (Å²) >= 11 is 0. The van der Waals surface area contributed by atoms with E-state index in [1.165, 1.54) is 5.69 Å². The van der Waals surface area contributed by atoms with Crippen LogP contribution in [0.1, 0.15) is 63.4 Å². The summed E-state index contributed by atoms with van der Waals surface area (Å²) in [6, 6.07) is 4.30. The molecule has 4 aliphatic heterocycles. The van der Waals surface area contributed by atoms with E-state index in [2.05, 4.69) is 23.6 Å². The van der Waals surface area contributed by atoms with Crippen molar-refractivity contribution in [3.8, 4) is 0 Å². The third kappa shape index (κ3) is 2.65. The molecule has 0 radical (unpaired) electrons. The third-order valence-electron chi connectivity index (χ3n) is 6.94. The van der Waals surface area contributed by atoms with Gasteiger partial charge in [-0.3, -0.25) is 4.79 Å². The van der Waals surface area contributed by atoms with Crippen molar-refractivity contribution in [3.63, 3.8) is 0 Å². The first kappa shape index (κ1) is 18.0. The fourth-order valence-corrected chi connectivity index (χ4v) is 5.45. The third-order valence-corrected chi connectivity index (χ3v) is 6.94. The molecule has 6 heteroatoms. The van der Waals surface area contributed by atoms with Crippen LogP contribution in [-0.2, 0) is 30.3 Å². The van der Waals surface area contributed by atoms with Gasteiger partial charge in [0.25, 0.3) is 0 Å². The SMILES string of the molecule is CC1=C[C@@H]([C@@H]2O[C@H]3CCCn4c(ccc4[C@H]4C[C@@H](C)C(=O)O4)[C@@H]3[C@H]2C)OC1=O. The Morgan fingerprint density at radius 3 is 2.57 bits per heavy atom. The van der Waals surface area contributed by atoms with Crippen molar-refractivity contribution in [2.75, 3.05) is 0 Å². The summed E-state index contributed by atoms with van der Waals surface area (Å²) < 4.78 is 20.0. The van der Waals surface area contributed by atoms with Crippen molar-refractivity contribution in [2.24, 2.45) is 11.8 Å². The van der Waals surface area contributed by atoms with Crippen LogP contribution in [0.5, 0.6) is 0 Å². The first-order valence-electron chi connectivity index (χ1n) is 10.4. The van der Waals surface area contributed by atoms with Crippen molar-refractivity contribution in [1.29, 1.82) is 0 Å². The summed E-state index contributed by atoms with van der Waals surface area (Å²) in [5, 5.41) is 0. The number of aromatic nitrogens is 1. The maximum absolute atomic E-state index is 11.9. The van der Waals surface area contributed by atoms with Gasteiger partial charge in [0.05, 0.1) is 17.7 Å². The Hall–Kier alpha value is -2.08. The molecule has 2 saturated heterocycles. The van der Waals surface area contributed by atoms with E-state index in [1.807, 2.05) is 13.0 Å². The van der Waals surface area contributed by atoms with Gasteiger partial charge in [0, 0.05) is 30.2 Å². The van der Waals surface area contributed by atoms with E-state index in [0.29, 0.717) is 5.57 Å². The Kier molecular flexibility index (Phi) is 4.16. The van der Waals surface area contributed by atoms with Crippen LogP contribution in [0, 0.1) is 11.8 Å². The lowest BCUT2D eigenvalue weighted by Crippen LogP contribution is -2.31. The average Bonchev–Trinajstić information content (AvgIpc) is 3.35. The Morgan fingerprint density at radius 1 is 1.11 bits per heavy atom. The predicted molar refractivity (Wildman–Crippen MR) is 100 cm³/mol. The monoisotopic (exact) mass is 385 g/mol. The van der Waals surface area contributed by atoms with Gasteiger partial charge in [-0.1, -0.05) is 13.8 Å². The maximum atomic E-state index is 11.9. The minimum atomic E-state index is -0.297. The first-order valence-corrected chi connectivity index (χ1v) is 10.4. The van der Waals surface area contributed by atoms with E-state index in [-0.39, 0.29) is 54.1 Å². The van der Waals surface area contributed by atoms with Crippen LogP contribution in [0.25, 0.3) is 0 Å². The maximum Gasteiger partial charge on any atom is 0.334 e. The second-order valence-electron chi connectivity index (χ2n) is 8.78. The molecule has 0 amide bonds. The van der Waals surface area contributed by atoms with Crippen molar-refractivity contribution in [1.82, 2.24) is 4.57 Å². The largest absolute Gasteiger partial charge is 0.456 e. The summed E-state index contributed by atoms with van der Waals surface area (Å²) in [5.41, 5.74) is 3.02. The lowest BCUT2D eigenvalue weighted by molar-refractivity contribution is -0.146. The van der Waals surface area contributed by atoms with Crippen LogP contribution in [-0.4, -0.2) is 34.8 Å². The highest BCUT2D eigenvalue weighted by Gasteiger charge is 2.49. The van der Waals surface area contributed by atoms with Crippen molar-refractivity contribution in [2.45, 2.75) is 76.9 Å². The van der Waals surface area contributed by atoms with E-state index < -0.39 is 0 Å². The number of hydrogen-bond donors (Lipinski definition) is 0. The number of esters is 2. The number of carbonyl (C=O) groups excluding carboxylic acids is 2. The van der Waals surface area contributed by atoms with Gasteiger partial charge in [0.1, 0.15) is 18.3 Å². The zero-order valence-corrected chi connectivity index (χ0v) is 16.6. The van der Waals surface area contributed by atoms with Crippen molar-refractivity contribution >= 4 is 11.9 Å². The molecule has 0 N–H and O–H groups in total. The second kappa shape index (κ2) is 6.48. The molecule has 0 saturated carbocycles. The van der Waals surface area contributed by atoms with E-state index in [0.717, 1.165) is 31.5 Å². The minimum Gasteiger partial charge on any atom is -0.456 e. The Morgan fingerprint density at radius 2 is 1.89 bits per heavy atom. The molecule has 7 atom stereocenters. The van der Waals surface area contributed by atoms with Gasteiger partial charge in [-0.15, -0.1) is 0 Å². The molecule has 0 spiro atoms. The quantitative estimate of drug-likeness (QED) is 0.731. The van der Waals surface area contributed by atoms with Crippen LogP contribution in [0.2, 0.25) is 0 Å². The smallest absolute Gasteiger partial charge is 0.334 e. The Labute approximate surface area is 164 Å². The van der Waals surface area contributed by atoms with Crippen molar-refractivity contribution < 1.29 is 23.8 Å². The van der Waals surface area contributed by atoms with E-state index in [1.54, 1.807) is 6.92 Å². The lowest BCUT2D eigenvalue weighted by Gasteiger charge is -2.23. The Balaban J connectivity index is 1.45. The lowest BCUT2D eigenvalue weighted by atomic mass is 9.83. The predicted octanol–water partition coefficient (Wildman–Crippen LogP) is 3.26. The van der Waals surface area contributed by atoms with Crippen LogP contribution in [0.15, 0.2) is 23.8 Å². The molecule has 2 fully saturated rings. The van der Waals surface area contributed by atoms with Gasteiger partial charge in [0.15, 0.2) is 0 Å². The molecule has 4 aliphatic rings. The molecule has 0 unspecified atom stereocenters. The fourth-order valence-electron chi connectivity index (χ4n) is 5.45. The fraction of sp³-hybridized carbons (Fsp3) is 0.636. The Bertz CT molecular complexity index is 855. The molecule has 5 heterocycles. The number of carbonyl (C=O) groups is 2. The highest BCUT2D eigenvalue weighted by Crippen LogP contribution is 2.47. The number of nitrogens with zero attached hydrogens (tertiary/aromatic N) is 1. The highest BCUT2D eigenvalue weighted by molar-refractivity contribution is 5.90. The molecule has 0 aliphatic carbocycles. The highest BCUT2D eigenvalue weighted by atomic mass is 16.6. The molecule has 5 rings (SSSR count). The van der Waals surface area contributed by atoms with Gasteiger partial charge in [-0.2, -0.15) is 0 Å². The molecule has 6 nitrogen and oxygen atoms in total. The molecule has 0 aromatic carbocycles. The topological polar surface area (TPSA) is 66.8 Å². The van der Waals surface area contributed by atoms with Gasteiger partial charge >= 0.3 is 11.9 Å². The number of hydrogen-bond acceptors (Lipinski definition) is 5. The van der Waals surface area contributed by atoms with Gasteiger partial charge in [-0.25, -0.2) is 4.79 Å². The van der Waals surface area contributed by atoms with Gasteiger partial charge in [0.2, 0.25) is 0 Å². The van der Waals surface area contributed by atoms with Crippen molar-refractivity contribution in [3.05, 3.63) is 35.2 Å². The molecule has 1 aromatic rings. The number of ether oxygens (including phenoxy) is 3. The van der Waals surface area contributed by atoms with E-state index >= 15 is 0 Å². The van der Waals surface area contributed by atoms with Crippen LogP contribution in [0.4, 0.5) is 0 Å². The number of rotatable bonds is 2. The van der Waals surface area contributed by atoms with Gasteiger partial charge < -0.3 is 18.8 Å². The summed E-state index contributed by atoms with van der Waals surface area (Å²) in [6.07, 6.45) is 4.21. The van der Waals surface area contributed by atoms with Crippen LogP contribution >= 0.6 is 0 Å². The second-order valence-corrected chi connectivity index (χ2v) is 8.78. The van der Waals surface area contributed by atoms with Gasteiger partial charge in [-0.05, 0) is 43.9 Å². The summed E-state index contributed by atoms with van der Waals surface area (Å²) in [7, 11) is 0. The molecular formula is C22H27NO5. The number of fused-ring (bicyclic) bond motifs is 3. The summed E-state index contributed by atoms with van der Waals surface area (Å²) in [5.74, 6) is 0.101. The summed E-state index contributed by atoms with van der Waals surface area (Å²) in [6.45, 7) is 6.85. The number of cyclic esters (lactones) is 2. The molecule has 0 bridgehead atoms.